The molecule has 1 aromatic carbocycles. The van der Waals surface area contributed by atoms with Crippen molar-refractivity contribution < 1.29 is 9.18 Å². The summed E-state index contributed by atoms with van der Waals surface area (Å²) in [5, 5.41) is 8.02. The molecule has 0 aliphatic heterocycles. The zero-order valence-electron chi connectivity index (χ0n) is 9.25. The number of carbonyl (C=O) groups is 1. The maximum Gasteiger partial charge on any atom is 0.168 e. The van der Waals surface area contributed by atoms with Crippen molar-refractivity contribution in [2.24, 2.45) is 0 Å². The molecule has 0 spiro atoms. The Labute approximate surface area is 102 Å². The highest BCUT2D eigenvalue weighted by Gasteiger charge is 2.10. The molecule has 2 aromatic heterocycles. The first-order valence-corrected chi connectivity index (χ1v) is 5.35. The molecule has 0 saturated carbocycles. The van der Waals surface area contributed by atoms with E-state index < -0.39 is 0 Å². The minimum Gasteiger partial charge on any atom is -0.296 e. The lowest BCUT2D eigenvalue weighted by molar-refractivity contribution is 0.111. The van der Waals surface area contributed by atoms with Crippen LogP contribution in [0.25, 0.3) is 17.0 Å². The second-order valence-electron chi connectivity index (χ2n) is 3.79. The Hall–Kier alpha value is -2.56. The Morgan fingerprint density at radius 3 is 2.56 bits per heavy atom. The van der Waals surface area contributed by atoms with Gasteiger partial charge in [0.25, 0.3) is 0 Å². The van der Waals surface area contributed by atoms with Gasteiger partial charge in [0.05, 0.1) is 5.69 Å². The number of benzene rings is 1. The van der Waals surface area contributed by atoms with Crippen molar-refractivity contribution in [1.82, 2.24) is 14.6 Å². The van der Waals surface area contributed by atoms with Gasteiger partial charge < -0.3 is 0 Å². The van der Waals surface area contributed by atoms with Crippen molar-refractivity contribution >= 4 is 11.9 Å². The Morgan fingerprint density at radius 2 is 1.83 bits per heavy atom. The Bertz CT molecular complexity index is 719. The minimum absolute atomic E-state index is 0.316. The molecule has 2 heterocycles. The van der Waals surface area contributed by atoms with Gasteiger partial charge in [0.2, 0.25) is 0 Å². The van der Waals surface area contributed by atoms with Gasteiger partial charge in [-0.25, -0.2) is 4.39 Å². The largest absolute Gasteiger partial charge is 0.296 e. The highest BCUT2D eigenvalue weighted by atomic mass is 19.1. The van der Waals surface area contributed by atoms with Crippen LogP contribution in [0.4, 0.5) is 4.39 Å². The van der Waals surface area contributed by atoms with Crippen LogP contribution in [0.2, 0.25) is 0 Å². The highest BCUT2D eigenvalue weighted by molar-refractivity contribution is 5.76. The molecule has 88 valence electrons. The van der Waals surface area contributed by atoms with E-state index >= 15 is 0 Å². The zero-order chi connectivity index (χ0) is 12.5. The van der Waals surface area contributed by atoms with Crippen LogP contribution in [-0.4, -0.2) is 20.9 Å². The van der Waals surface area contributed by atoms with Gasteiger partial charge in [-0.15, -0.1) is 10.2 Å². The number of hydrogen-bond acceptors (Lipinski definition) is 3. The summed E-state index contributed by atoms with van der Waals surface area (Å²) >= 11 is 0. The van der Waals surface area contributed by atoms with Gasteiger partial charge in [-0.05, 0) is 36.4 Å². The summed E-state index contributed by atoms with van der Waals surface area (Å²) in [5.74, 6) is 0.205. The molecule has 5 heteroatoms. The molecule has 3 rings (SSSR count). The lowest BCUT2D eigenvalue weighted by Gasteiger charge is -2.02. The molecule has 4 nitrogen and oxygen atoms in total. The van der Waals surface area contributed by atoms with Crippen molar-refractivity contribution in [3.63, 3.8) is 0 Å². The van der Waals surface area contributed by atoms with Crippen LogP contribution in [0.1, 0.15) is 10.5 Å². The Balaban J connectivity index is 2.29. The monoisotopic (exact) mass is 241 g/mol. The van der Waals surface area contributed by atoms with Gasteiger partial charge in [0.1, 0.15) is 5.82 Å². The number of halogens is 1. The summed E-state index contributed by atoms with van der Waals surface area (Å²) in [4.78, 5) is 11.0. The summed E-state index contributed by atoms with van der Waals surface area (Å²) in [5.41, 5.74) is 1.74. The summed E-state index contributed by atoms with van der Waals surface area (Å²) in [6, 6.07) is 11.1. The standard InChI is InChI=1S/C13H8FN3O/c14-10-6-4-9(5-7-10)13-16-15-12-3-1-2-11(8-18)17(12)13/h1-8H. The first kappa shape index (κ1) is 10.6. The number of hydrogen-bond donors (Lipinski definition) is 0. The van der Waals surface area contributed by atoms with Crippen LogP contribution in [0.3, 0.4) is 0 Å². The molecule has 0 amide bonds. The average molecular weight is 241 g/mol. The average Bonchev–Trinajstić information content (AvgIpc) is 2.83. The van der Waals surface area contributed by atoms with Gasteiger partial charge in [-0.3, -0.25) is 9.20 Å². The SMILES string of the molecule is O=Cc1cccc2nnc(-c3ccc(F)cc3)n12. The first-order chi connectivity index (χ1) is 8.79. The Morgan fingerprint density at radius 1 is 1.06 bits per heavy atom. The topological polar surface area (TPSA) is 47.3 Å². The smallest absolute Gasteiger partial charge is 0.168 e. The molecule has 0 radical (unpaired) electrons. The number of rotatable bonds is 2. The number of aromatic nitrogens is 3. The lowest BCUT2D eigenvalue weighted by atomic mass is 10.2. The maximum atomic E-state index is 12.9. The zero-order valence-corrected chi connectivity index (χ0v) is 9.25. The fourth-order valence-electron chi connectivity index (χ4n) is 1.84. The molecule has 3 aromatic rings. The van der Waals surface area contributed by atoms with E-state index in [0.29, 0.717) is 22.7 Å². The molecule has 0 aliphatic carbocycles. The van der Waals surface area contributed by atoms with Crippen molar-refractivity contribution in [1.29, 1.82) is 0 Å². The first-order valence-electron chi connectivity index (χ1n) is 5.35. The van der Waals surface area contributed by atoms with Crippen molar-refractivity contribution in [3.8, 4) is 11.4 Å². The van der Waals surface area contributed by atoms with Gasteiger partial charge in [-0.1, -0.05) is 6.07 Å². The minimum atomic E-state index is -0.316. The second-order valence-corrected chi connectivity index (χ2v) is 3.79. The van der Waals surface area contributed by atoms with Gasteiger partial charge in [-0.2, -0.15) is 0 Å². The van der Waals surface area contributed by atoms with E-state index in [0.717, 1.165) is 6.29 Å². The number of fused-ring (bicyclic) bond motifs is 1. The molecule has 0 aliphatic rings. The van der Waals surface area contributed by atoms with E-state index in [9.17, 15) is 9.18 Å². The molecule has 0 atom stereocenters. The third-order valence-corrected chi connectivity index (χ3v) is 2.68. The van der Waals surface area contributed by atoms with Crippen LogP contribution in [0, 0.1) is 5.82 Å². The van der Waals surface area contributed by atoms with Crippen LogP contribution in [-0.2, 0) is 0 Å². The number of nitrogens with zero attached hydrogens (tertiary/aromatic N) is 3. The van der Waals surface area contributed by atoms with Crippen molar-refractivity contribution in [3.05, 3.63) is 54.0 Å². The normalized spacial score (nSPS) is 10.7. The lowest BCUT2D eigenvalue weighted by Crippen LogP contribution is -1.97. The fraction of sp³-hybridized carbons (Fsp3) is 0. The van der Waals surface area contributed by atoms with Crippen molar-refractivity contribution in [2.75, 3.05) is 0 Å². The van der Waals surface area contributed by atoms with E-state index in [4.69, 9.17) is 0 Å². The van der Waals surface area contributed by atoms with Crippen LogP contribution in [0.15, 0.2) is 42.5 Å². The predicted octanol–water partition coefficient (Wildman–Crippen LogP) is 2.35. The number of pyridine rings is 1. The third kappa shape index (κ3) is 1.57. The van der Waals surface area contributed by atoms with E-state index in [1.165, 1.54) is 12.1 Å². The fourth-order valence-corrected chi connectivity index (χ4v) is 1.84. The summed E-state index contributed by atoms with van der Waals surface area (Å²) in [6.07, 6.45) is 0.739. The molecule has 18 heavy (non-hydrogen) atoms. The van der Waals surface area contributed by atoms with E-state index in [-0.39, 0.29) is 5.82 Å². The molecule has 0 N–H and O–H groups in total. The summed E-state index contributed by atoms with van der Waals surface area (Å²) in [6.45, 7) is 0. The molecular formula is C13H8FN3O. The second kappa shape index (κ2) is 4.03. The predicted molar refractivity (Wildman–Crippen MR) is 63.8 cm³/mol. The van der Waals surface area contributed by atoms with E-state index in [1.807, 2.05) is 0 Å². The van der Waals surface area contributed by atoms with Crippen LogP contribution in [0.5, 0.6) is 0 Å². The molecule has 0 fully saturated rings. The van der Waals surface area contributed by atoms with Crippen LogP contribution >= 0.6 is 0 Å². The van der Waals surface area contributed by atoms with E-state index in [1.54, 1.807) is 34.7 Å². The molecule has 0 unspecified atom stereocenters. The summed E-state index contributed by atoms with van der Waals surface area (Å²) in [7, 11) is 0. The number of aldehydes is 1. The van der Waals surface area contributed by atoms with E-state index in [2.05, 4.69) is 10.2 Å². The maximum absolute atomic E-state index is 12.9. The molecule has 0 saturated heterocycles. The van der Waals surface area contributed by atoms with Gasteiger partial charge >= 0.3 is 0 Å². The van der Waals surface area contributed by atoms with Crippen molar-refractivity contribution in [2.45, 2.75) is 0 Å². The third-order valence-electron chi connectivity index (χ3n) is 2.68. The highest BCUT2D eigenvalue weighted by Crippen LogP contribution is 2.19. The van der Waals surface area contributed by atoms with Crippen LogP contribution < -0.4 is 0 Å². The molecule has 0 bridgehead atoms. The quantitative estimate of drug-likeness (QED) is 0.647. The summed E-state index contributed by atoms with van der Waals surface area (Å²) < 4.78 is 14.5. The van der Waals surface area contributed by atoms with Gasteiger partial charge in [0, 0.05) is 5.56 Å². The van der Waals surface area contributed by atoms with Gasteiger partial charge in [0.15, 0.2) is 17.8 Å². The Kier molecular flexibility index (Phi) is 2.37. The molecular weight excluding hydrogens is 233 g/mol. The number of carbonyl (C=O) groups excluding carboxylic acids is 1.